The first kappa shape index (κ1) is 12.3. The van der Waals surface area contributed by atoms with Crippen LogP contribution in [0.2, 0.25) is 5.02 Å². The molecule has 0 amide bonds. The van der Waals surface area contributed by atoms with E-state index in [9.17, 15) is 0 Å². The molecular formula is C13H10ClN3OS. The molecule has 2 heterocycles. The third-order valence-electron chi connectivity index (χ3n) is 2.76. The predicted molar refractivity (Wildman–Crippen MR) is 75.5 cm³/mol. The van der Waals surface area contributed by atoms with E-state index in [4.69, 9.17) is 16.0 Å². The summed E-state index contributed by atoms with van der Waals surface area (Å²) < 4.78 is 7.20. The maximum atomic E-state index is 6.17. The van der Waals surface area contributed by atoms with E-state index in [1.807, 2.05) is 41.0 Å². The lowest BCUT2D eigenvalue weighted by Gasteiger charge is -2.08. The molecule has 0 radical (unpaired) electrons. The predicted octanol–water partition coefficient (Wildman–Crippen LogP) is 3.53. The molecule has 0 unspecified atom stereocenters. The summed E-state index contributed by atoms with van der Waals surface area (Å²) in [5, 5.41) is 9.28. The SMILES string of the molecule is Sc1nnc(-c2ccco2)n1Cc1ccccc1Cl. The largest absolute Gasteiger partial charge is 0.461 e. The van der Waals surface area contributed by atoms with Gasteiger partial charge in [-0.3, -0.25) is 4.57 Å². The van der Waals surface area contributed by atoms with Gasteiger partial charge in [-0.25, -0.2) is 0 Å². The van der Waals surface area contributed by atoms with Crippen molar-refractivity contribution in [2.75, 3.05) is 0 Å². The van der Waals surface area contributed by atoms with E-state index in [-0.39, 0.29) is 0 Å². The van der Waals surface area contributed by atoms with E-state index in [1.54, 1.807) is 6.26 Å². The number of hydrogen-bond acceptors (Lipinski definition) is 4. The lowest BCUT2D eigenvalue weighted by molar-refractivity contribution is 0.569. The summed E-state index contributed by atoms with van der Waals surface area (Å²) in [6.07, 6.45) is 1.60. The minimum absolute atomic E-state index is 0.520. The van der Waals surface area contributed by atoms with Crippen molar-refractivity contribution in [3.05, 3.63) is 53.2 Å². The maximum Gasteiger partial charge on any atom is 0.200 e. The zero-order chi connectivity index (χ0) is 13.2. The Morgan fingerprint density at radius 1 is 1.16 bits per heavy atom. The fraction of sp³-hybridized carbons (Fsp3) is 0.0769. The highest BCUT2D eigenvalue weighted by Crippen LogP contribution is 2.23. The molecule has 0 saturated carbocycles. The third-order valence-corrected chi connectivity index (χ3v) is 3.46. The van der Waals surface area contributed by atoms with Crippen LogP contribution in [0.15, 0.2) is 52.2 Å². The van der Waals surface area contributed by atoms with Gasteiger partial charge >= 0.3 is 0 Å². The van der Waals surface area contributed by atoms with Crippen molar-refractivity contribution in [2.45, 2.75) is 11.7 Å². The Morgan fingerprint density at radius 3 is 2.74 bits per heavy atom. The zero-order valence-corrected chi connectivity index (χ0v) is 11.5. The van der Waals surface area contributed by atoms with Crippen LogP contribution in [0.4, 0.5) is 0 Å². The van der Waals surface area contributed by atoms with Gasteiger partial charge in [0.15, 0.2) is 10.9 Å². The molecule has 0 saturated heterocycles. The number of rotatable bonds is 3. The number of hydrogen-bond donors (Lipinski definition) is 1. The van der Waals surface area contributed by atoms with E-state index in [2.05, 4.69) is 22.8 Å². The Labute approximate surface area is 120 Å². The zero-order valence-electron chi connectivity index (χ0n) is 9.82. The van der Waals surface area contributed by atoms with Crippen molar-refractivity contribution in [1.82, 2.24) is 14.8 Å². The van der Waals surface area contributed by atoms with Gasteiger partial charge in [-0.05, 0) is 23.8 Å². The molecule has 3 aromatic rings. The van der Waals surface area contributed by atoms with Gasteiger partial charge in [0.2, 0.25) is 5.82 Å². The molecule has 6 heteroatoms. The smallest absolute Gasteiger partial charge is 0.200 e. The Morgan fingerprint density at radius 2 is 2.00 bits per heavy atom. The first-order valence-corrected chi connectivity index (χ1v) is 6.47. The highest BCUT2D eigenvalue weighted by atomic mass is 35.5. The van der Waals surface area contributed by atoms with Gasteiger partial charge in [0.05, 0.1) is 12.8 Å². The number of thiol groups is 1. The minimum atomic E-state index is 0.520. The molecule has 2 aromatic heterocycles. The van der Waals surface area contributed by atoms with Gasteiger partial charge in [0.25, 0.3) is 0 Å². The molecule has 0 aliphatic rings. The van der Waals surface area contributed by atoms with Crippen molar-refractivity contribution in [3.8, 4) is 11.6 Å². The van der Waals surface area contributed by atoms with E-state index in [0.29, 0.717) is 28.3 Å². The van der Waals surface area contributed by atoms with Gasteiger partial charge in [-0.2, -0.15) is 0 Å². The highest BCUT2D eigenvalue weighted by molar-refractivity contribution is 7.80. The van der Waals surface area contributed by atoms with Crippen LogP contribution in [0, 0.1) is 0 Å². The van der Waals surface area contributed by atoms with Crippen LogP contribution in [0.5, 0.6) is 0 Å². The average Bonchev–Trinajstić information content (AvgIpc) is 3.03. The summed E-state index contributed by atoms with van der Waals surface area (Å²) in [6.45, 7) is 0.543. The number of benzene rings is 1. The molecule has 0 atom stereocenters. The van der Waals surface area contributed by atoms with Crippen molar-refractivity contribution in [1.29, 1.82) is 0 Å². The molecule has 0 aliphatic heterocycles. The van der Waals surface area contributed by atoms with Crippen LogP contribution in [-0.2, 0) is 6.54 Å². The highest BCUT2D eigenvalue weighted by Gasteiger charge is 2.14. The van der Waals surface area contributed by atoms with E-state index in [0.717, 1.165) is 5.56 Å². The fourth-order valence-electron chi connectivity index (χ4n) is 1.83. The summed E-state index contributed by atoms with van der Waals surface area (Å²) in [5.74, 6) is 1.29. The van der Waals surface area contributed by atoms with Crippen molar-refractivity contribution in [3.63, 3.8) is 0 Å². The lowest BCUT2D eigenvalue weighted by Crippen LogP contribution is -2.03. The second-order valence-electron chi connectivity index (χ2n) is 3.98. The molecule has 0 bridgehead atoms. The van der Waals surface area contributed by atoms with Gasteiger partial charge in [-0.15, -0.1) is 22.8 Å². The number of aromatic nitrogens is 3. The molecule has 96 valence electrons. The first-order valence-electron chi connectivity index (χ1n) is 5.65. The van der Waals surface area contributed by atoms with Crippen LogP contribution >= 0.6 is 24.2 Å². The second kappa shape index (κ2) is 5.11. The van der Waals surface area contributed by atoms with Gasteiger partial charge in [0.1, 0.15) is 0 Å². The molecule has 1 aromatic carbocycles. The summed E-state index contributed by atoms with van der Waals surface area (Å²) in [7, 11) is 0. The van der Waals surface area contributed by atoms with Crippen molar-refractivity contribution < 1.29 is 4.42 Å². The standard InChI is InChI=1S/C13H10ClN3OS/c14-10-5-2-1-4-9(10)8-17-12(15-16-13(17)19)11-6-3-7-18-11/h1-7H,8H2,(H,16,19). The average molecular weight is 292 g/mol. The van der Waals surface area contributed by atoms with E-state index >= 15 is 0 Å². The van der Waals surface area contributed by atoms with Crippen LogP contribution in [0.3, 0.4) is 0 Å². The fourth-order valence-corrected chi connectivity index (χ4v) is 2.23. The molecule has 0 fully saturated rings. The molecule has 19 heavy (non-hydrogen) atoms. The second-order valence-corrected chi connectivity index (χ2v) is 4.79. The van der Waals surface area contributed by atoms with Crippen LogP contribution in [0.1, 0.15) is 5.56 Å². The molecule has 0 aliphatic carbocycles. The molecule has 0 N–H and O–H groups in total. The summed E-state index contributed by atoms with van der Waals surface area (Å²) in [4.78, 5) is 0. The lowest BCUT2D eigenvalue weighted by atomic mass is 10.2. The van der Waals surface area contributed by atoms with Crippen LogP contribution in [0.25, 0.3) is 11.6 Å². The van der Waals surface area contributed by atoms with Gasteiger partial charge < -0.3 is 4.42 Å². The summed E-state index contributed by atoms with van der Waals surface area (Å²) in [6, 6.07) is 11.3. The summed E-state index contributed by atoms with van der Waals surface area (Å²) in [5.41, 5.74) is 0.979. The monoisotopic (exact) mass is 291 g/mol. The van der Waals surface area contributed by atoms with Crippen molar-refractivity contribution >= 4 is 24.2 Å². The van der Waals surface area contributed by atoms with Gasteiger partial charge in [-0.1, -0.05) is 29.8 Å². The Hall–Kier alpha value is -1.72. The number of nitrogens with zero attached hydrogens (tertiary/aromatic N) is 3. The topological polar surface area (TPSA) is 43.9 Å². The molecule has 0 spiro atoms. The molecular weight excluding hydrogens is 282 g/mol. The van der Waals surface area contributed by atoms with Crippen LogP contribution < -0.4 is 0 Å². The molecule has 3 rings (SSSR count). The van der Waals surface area contributed by atoms with E-state index < -0.39 is 0 Å². The normalized spacial score (nSPS) is 10.8. The Kier molecular flexibility index (Phi) is 3.31. The number of halogens is 1. The maximum absolute atomic E-state index is 6.17. The van der Waals surface area contributed by atoms with Gasteiger partial charge in [0, 0.05) is 5.02 Å². The van der Waals surface area contributed by atoms with Crippen molar-refractivity contribution in [2.24, 2.45) is 0 Å². The first-order chi connectivity index (χ1) is 9.25. The van der Waals surface area contributed by atoms with Crippen LogP contribution in [-0.4, -0.2) is 14.8 Å². The Balaban J connectivity index is 2.02. The van der Waals surface area contributed by atoms with E-state index in [1.165, 1.54) is 0 Å². The third kappa shape index (κ3) is 2.39. The Bertz CT molecular complexity index is 694. The summed E-state index contributed by atoms with van der Waals surface area (Å²) >= 11 is 10.5. The quantitative estimate of drug-likeness (QED) is 0.751. The minimum Gasteiger partial charge on any atom is -0.461 e. The molecule has 4 nitrogen and oxygen atoms in total. The number of furan rings is 1.